The standard InChI is InChI=1S/C12H14ClNO/c1-12(2)7-14(8-12)11-4-3-10(13)5-9(11)6-15/h3-6H,7-8H2,1-2H3. The van der Waals surface area contributed by atoms with E-state index in [9.17, 15) is 4.79 Å². The average molecular weight is 224 g/mol. The molecule has 15 heavy (non-hydrogen) atoms. The summed E-state index contributed by atoms with van der Waals surface area (Å²) in [5.41, 5.74) is 2.03. The van der Waals surface area contributed by atoms with Crippen LogP contribution < -0.4 is 4.90 Å². The maximum atomic E-state index is 10.9. The fourth-order valence-electron chi connectivity index (χ4n) is 2.07. The number of rotatable bonds is 2. The molecule has 0 amide bonds. The van der Waals surface area contributed by atoms with E-state index < -0.39 is 0 Å². The van der Waals surface area contributed by atoms with E-state index >= 15 is 0 Å². The Hall–Kier alpha value is -1.02. The fraction of sp³-hybridized carbons (Fsp3) is 0.417. The van der Waals surface area contributed by atoms with Gasteiger partial charge in [-0.3, -0.25) is 4.79 Å². The fourth-order valence-corrected chi connectivity index (χ4v) is 2.25. The zero-order chi connectivity index (χ0) is 11.1. The molecule has 3 heteroatoms. The van der Waals surface area contributed by atoms with Crippen LogP contribution in [0.2, 0.25) is 5.02 Å². The van der Waals surface area contributed by atoms with Crippen LogP contribution in [0, 0.1) is 5.41 Å². The minimum Gasteiger partial charge on any atom is -0.370 e. The maximum absolute atomic E-state index is 10.9. The lowest BCUT2D eigenvalue weighted by molar-refractivity contribution is 0.112. The van der Waals surface area contributed by atoms with Gasteiger partial charge in [-0.25, -0.2) is 0 Å². The van der Waals surface area contributed by atoms with Crippen LogP contribution >= 0.6 is 11.6 Å². The van der Waals surface area contributed by atoms with E-state index in [4.69, 9.17) is 11.6 Å². The molecule has 1 heterocycles. The molecule has 1 aliphatic heterocycles. The third-order valence-electron chi connectivity index (χ3n) is 2.70. The van der Waals surface area contributed by atoms with E-state index in [1.807, 2.05) is 12.1 Å². The van der Waals surface area contributed by atoms with Crippen molar-refractivity contribution in [1.82, 2.24) is 0 Å². The molecular weight excluding hydrogens is 210 g/mol. The number of hydrogen-bond donors (Lipinski definition) is 0. The molecule has 1 fully saturated rings. The highest BCUT2D eigenvalue weighted by molar-refractivity contribution is 6.31. The monoisotopic (exact) mass is 223 g/mol. The molecule has 0 radical (unpaired) electrons. The van der Waals surface area contributed by atoms with Crippen molar-refractivity contribution in [2.45, 2.75) is 13.8 Å². The zero-order valence-corrected chi connectivity index (χ0v) is 9.71. The Balaban J connectivity index is 2.26. The summed E-state index contributed by atoms with van der Waals surface area (Å²) in [6.07, 6.45) is 0.868. The van der Waals surface area contributed by atoms with Gasteiger partial charge < -0.3 is 4.90 Å². The smallest absolute Gasteiger partial charge is 0.152 e. The summed E-state index contributed by atoms with van der Waals surface area (Å²) < 4.78 is 0. The second-order valence-electron chi connectivity index (χ2n) is 4.84. The van der Waals surface area contributed by atoms with Gasteiger partial charge in [0.1, 0.15) is 0 Å². The Morgan fingerprint density at radius 2 is 2.07 bits per heavy atom. The van der Waals surface area contributed by atoms with Crippen molar-refractivity contribution >= 4 is 23.6 Å². The highest BCUT2D eigenvalue weighted by Gasteiger charge is 2.34. The van der Waals surface area contributed by atoms with Crippen molar-refractivity contribution in [3.8, 4) is 0 Å². The number of halogens is 1. The van der Waals surface area contributed by atoms with Crippen LogP contribution in [0.15, 0.2) is 18.2 Å². The molecule has 0 aliphatic carbocycles. The molecule has 1 aromatic carbocycles. The molecule has 1 saturated heterocycles. The van der Waals surface area contributed by atoms with Gasteiger partial charge >= 0.3 is 0 Å². The lowest BCUT2D eigenvalue weighted by Crippen LogP contribution is -2.53. The van der Waals surface area contributed by atoms with Gasteiger partial charge in [0.25, 0.3) is 0 Å². The van der Waals surface area contributed by atoms with Crippen LogP contribution in [0.3, 0.4) is 0 Å². The summed E-state index contributed by atoms with van der Waals surface area (Å²) in [5, 5.41) is 0.612. The van der Waals surface area contributed by atoms with Gasteiger partial charge in [0.15, 0.2) is 6.29 Å². The summed E-state index contributed by atoms with van der Waals surface area (Å²) in [5.74, 6) is 0. The first-order valence-corrected chi connectivity index (χ1v) is 5.39. The summed E-state index contributed by atoms with van der Waals surface area (Å²) >= 11 is 5.84. The molecular formula is C12H14ClNO. The van der Waals surface area contributed by atoms with Crippen molar-refractivity contribution in [1.29, 1.82) is 0 Å². The summed E-state index contributed by atoms with van der Waals surface area (Å²) in [6.45, 7) is 6.44. The van der Waals surface area contributed by atoms with Gasteiger partial charge in [0.2, 0.25) is 0 Å². The van der Waals surface area contributed by atoms with Gasteiger partial charge in [-0.05, 0) is 23.6 Å². The lowest BCUT2D eigenvalue weighted by Gasteiger charge is -2.47. The number of carbonyl (C=O) groups excluding carboxylic acids is 1. The Kier molecular flexibility index (Phi) is 2.47. The number of aldehydes is 1. The Labute approximate surface area is 94.8 Å². The number of anilines is 1. The summed E-state index contributed by atoms with van der Waals surface area (Å²) in [7, 11) is 0. The highest BCUT2D eigenvalue weighted by atomic mass is 35.5. The van der Waals surface area contributed by atoms with Gasteiger partial charge in [-0.1, -0.05) is 25.4 Å². The van der Waals surface area contributed by atoms with Crippen molar-refractivity contribution in [2.24, 2.45) is 5.41 Å². The van der Waals surface area contributed by atoms with E-state index in [1.165, 1.54) is 0 Å². The van der Waals surface area contributed by atoms with E-state index in [-0.39, 0.29) is 0 Å². The quantitative estimate of drug-likeness (QED) is 0.719. The van der Waals surface area contributed by atoms with Crippen molar-refractivity contribution in [3.05, 3.63) is 28.8 Å². The largest absolute Gasteiger partial charge is 0.370 e. The van der Waals surface area contributed by atoms with E-state index in [0.29, 0.717) is 16.0 Å². The van der Waals surface area contributed by atoms with E-state index in [1.54, 1.807) is 6.07 Å². The van der Waals surface area contributed by atoms with E-state index in [2.05, 4.69) is 18.7 Å². The highest BCUT2D eigenvalue weighted by Crippen LogP contribution is 2.35. The van der Waals surface area contributed by atoms with E-state index in [0.717, 1.165) is 25.1 Å². The number of carbonyl (C=O) groups is 1. The van der Waals surface area contributed by atoms with Gasteiger partial charge in [0, 0.05) is 29.4 Å². The summed E-state index contributed by atoms with van der Waals surface area (Å²) in [4.78, 5) is 13.1. The zero-order valence-electron chi connectivity index (χ0n) is 8.96. The molecule has 1 aliphatic rings. The molecule has 0 spiro atoms. The molecule has 0 bridgehead atoms. The number of nitrogens with zero attached hydrogens (tertiary/aromatic N) is 1. The first kappa shape index (κ1) is 10.5. The van der Waals surface area contributed by atoms with Crippen molar-refractivity contribution in [2.75, 3.05) is 18.0 Å². The SMILES string of the molecule is CC1(C)CN(c2ccc(Cl)cc2C=O)C1. The Bertz CT molecular complexity index is 393. The normalized spacial score (nSPS) is 18.5. The Morgan fingerprint density at radius 1 is 1.40 bits per heavy atom. The van der Waals surface area contributed by atoms with Crippen molar-refractivity contribution < 1.29 is 4.79 Å². The molecule has 0 saturated carbocycles. The molecule has 2 rings (SSSR count). The first-order valence-electron chi connectivity index (χ1n) is 5.01. The average Bonchev–Trinajstić information content (AvgIpc) is 2.14. The molecule has 0 atom stereocenters. The van der Waals surface area contributed by atoms with Crippen LogP contribution in [0.1, 0.15) is 24.2 Å². The minimum absolute atomic E-state index is 0.361. The predicted molar refractivity (Wildman–Crippen MR) is 62.8 cm³/mol. The Morgan fingerprint density at radius 3 is 2.60 bits per heavy atom. The van der Waals surface area contributed by atoms with Gasteiger partial charge in [-0.15, -0.1) is 0 Å². The number of benzene rings is 1. The molecule has 0 N–H and O–H groups in total. The van der Waals surface area contributed by atoms with Gasteiger partial charge in [-0.2, -0.15) is 0 Å². The topological polar surface area (TPSA) is 20.3 Å². The third kappa shape index (κ3) is 2.00. The second kappa shape index (κ2) is 3.53. The summed E-state index contributed by atoms with van der Waals surface area (Å²) in [6, 6.07) is 5.46. The lowest BCUT2D eigenvalue weighted by atomic mass is 9.83. The molecule has 0 unspecified atom stereocenters. The predicted octanol–water partition coefficient (Wildman–Crippen LogP) is 3.00. The molecule has 0 aromatic heterocycles. The van der Waals surface area contributed by atoms with Crippen LogP contribution in [0.5, 0.6) is 0 Å². The molecule has 2 nitrogen and oxygen atoms in total. The van der Waals surface area contributed by atoms with Crippen LogP contribution in [0.25, 0.3) is 0 Å². The van der Waals surface area contributed by atoms with Gasteiger partial charge in [0.05, 0.1) is 0 Å². The minimum atomic E-state index is 0.361. The first-order chi connectivity index (χ1) is 7.02. The van der Waals surface area contributed by atoms with Crippen LogP contribution in [-0.2, 0) is 0 Å². The third-order valence-corrected chi connectivity index (χ3v) is 2.93. The maximum Gasteiger partial charge on any atom is 0.152 e. The van der Waals surface area contributed by atoms with Crippen LogP contribution in [-0.4, -0.2) is 19.4 Å². The second-order valence-corrected chi connectivity index (χ2v) is 5.28. The molecule has 1 aromatic rings. The number of hydrogen-bond acceptors (Lipinski definition) is 2. The van der Waals surface area contributed by atoms with Crippen LogP contribution in [0.4, 0.5) is 5.69 Å². The van der Waals surface area contributed by atoms with Crippen molar-refractivity contribution in [3.63, 3.8) is 0 Å². The molecule has 80 valence electrons.